The maximum absolute atomic E-state index is 13.7. The first-order chi connectivity index (χ1) is 12.0. The van der Waals surface area contributed by atoms with Gasteiger partial charge in [-0.2, -0.15) is 4.39 Å². The molecule has 1 saturated carbocycles. The molecule has 1 fully saturated rings. The molecule has 1 aliphatic rings. The summed E-state index contributed by atoms with van der Waals surface area (Å²) in [6.07, 6.45) is 1.56. The molecular formula is C17H17FN2O5. The van der Waals surface area contributed by atoms with E-state index in [1.54, 1.807) is 24.3 Å². The second-order valence-corrected chi connectivity index (χ2v) is 5.89. The van der Waals surface area contributed by atoms with Crippen molar-refractivity contribution in [3.8, 4) is 0 Å². The highest BCUT2D eigenvalue weighted by Gasteiger charge is 2.24. The second kappa shape index (κ2) is 7.33. The number of halogens is 1. The van der Waals surface area contributed by atoms with Crippen molar-refractivity contribution in [1.82, 2.24) is 9.13 Å². The van der Waals surface area contributed by atoms with E-state index >= 15 is 0 Å². The lowest BCUT2D eigenvalue weighted by atomic mass is 10.2. The molecule has 0 N–H and O–H groups in total. The van der Waals surface area contributed by atoms with Crippen molar-refractivity contribution in [1.29, 1.82) is 0 Å². The second-order valence-electron chi connectivity index (χ2n) is 5.89. The van der Waals surface area contributed by atoms with Gasteiger partial charge < -0.3 is 9.47 Å². The number of carbonyl (C=O) groups is 1. The lowest BCUT2D eigenvalue weighted by molar-refractivity contribution is 0.0270. The highest BCUT2D eigenvalue weighted by Crippen LogP contribution is 2.29. The van der Waals surface area contributed by atoms with E-state index in [-0.39, 0.29) is 19.1 Å². The van der Waals surface area contributed by atoms with Gasteiger partial charge in [-0.05, 0) is 24.3 Å². The zero-order chi connectivity index (χ0) is 17.8. The Morgan fingerprint density at radius 3 is 2.56 bits per heavy atom. The van der Waals surface area contributed by atoms with E-state index in [2.05, 4.69) is 0 Å². The first-order valence-electron chi connectivity index (χ1n) is 7.88. The van der Waals surface area contributed by atoms with Gasteiger partial charge in [-0.3, -0.25) is 13.9 Å². The summed E-state index contributed by atoms with van der Waals surface area (Å²) in [7, 11) is 0. The molecule has 8 heteroatoms. The van der Waals surface area contributed by atoms with Crippen molar-refractivity contribution >= 4 is 6.16 Å². The molecule has 0 saturated heterocycles. The fourth-order valence-corrected chi connectivity index (χ4v) is 2.31. The first kappa shape index (κ1) is 16.9. The van der Waals surface area contributed by atoms with Crippen LogP contribution in [0.5, 0.6) is 0 Å². The largest absolute Gasteiger partial charge is 0.510 e. The quantitative estimate of drug-likeness (QED) is 0.745. The minimum absolute atomic E-state index is 0.0180. The Bertz CT molecular complexity index is 871. The Kier molecular flexibility index (Phi) is 4.97. The lowest BCUT2D eigenvalue weighted by Crippen LogP contribution is -2.42. The van der Waals surface area contributed by atoms with Gasteiger partial charge >= 0.3 is 11.8 Å². The molecule has 0 radical (unpaired) electrons. The number of hydrogen-bond acceptors (Lipinski definition) is 5. The Labute approximate surface area is 142 Å². The monoisotopic (exact) mass is 348 g/mol. The molecule has 1 aliphatic carbocycles. The van der Waals surface area contributed by atoms with Gasteiger partial charge in [-0.15, -0.1) is 0 Å². The van der Waals surface area contributed by atoms with E-state index in [0.29, 0.717) is 0 Å². The molecular weight excluding hydrogens is 331 g/mol. The molecule has 7 nitrogen and oxygen atoms in total. The molecule has 1 heterocycles. The van der Waals surface area contributed by atoms with Crippen LogP contribution in [0, 0.1) is 11.7 Å². The van der Waals surface area contributed by atoms with E-state index in [9.17, 15) is 18.8 Å². The van der Waals surface area contributed by atoms with E-state index in [1.807, 2.05) is 6.07 Å². The summed E-state index contributed by atoms with van der Waals surface area (Å²) in [5, 5.41) is 0. The maximum atomic E-state index is 13.7. The Morgan fingerprint density at radius 2 is 1.88 bits per heavy atom. The molecule has 0 unspecified atom stereocenters. The lowest BCUT2D eigenvalue weighted by Gasteiger charge is -2.11. The smallest absolute Gasteiger partial charge is 0.429 e. The average molecular weight is 348 g/mol. The number of rotatable bonds is 6. The zero-order valence-corrected chi connectivity index (χ0v) is 13.4. The summed E-state index contributed by atoms with van der Waals surface area (Å²) in [5.41, 5.74) is -0.894. The number of carbonyl (C=O) groups excluding carboxylic acids is 1. The predicted octanol–water partition coefficient (Wildman–Crippen LogP) is 1.87. The third-order valence-electron chi connectivity index (χ3n) is 3.85. The van der Waals surface area contributed by atoms with Gasteiger partial charge in [0, 0.05) is 6.54 Å². The van der Waals surface area contributed by atoms with Gasteiger partial charge in [0.2, 0.25) is 5.82 Å². The summed E-state index contributed by atoms with van der Waals surface area (Å²) in [4.78, 5) is 35.6. The van der Waals surface area contributed by atoms with E-state index in [1.165, 1.54) is 0 Å². The van der Waals surface area contributed by atoms with Gasteiger partial charge in [0.1, 0.15) is 6.61 Å². The minimum Gasteiger partial charge on any atom is -0.429 e. The zero-order valence-electron chi connectivity index (χ0n) is 13.4. The summed E-state index contributed by atoms with van der Waals surface area (Å²) >= 11 is 0. The molecule has 25 heavy (non-hydrogen) atoms. The van der Waals surface area contributed by atoms with E-state index in [4.69, 9.17) is 9.47 Å². The highest BCUT2D eigenvalue weighted by atomic mass is 19.1. The standard InChI is InChI=1S/C17H17FN2O5/c18-14-9-19(16(22)20(15(14)21)8-12-6-7-12)11-25-17(23)24-10-13-4-2-1-3-5-13/h1-5,9,12H,6-8,10-11H2. The molecule has 0 amide bonds. The normalized spacial score (nSPS) is 13.5. The van der Waals surface area contributed by atoms with Crippen LogP contribution in [0.1, 0.15) is 18.4 Å². The van der Waals surface area contributed by atoms with Gasteiger partial charge in [0.05, 0.1) is 6.20 Å². The number of ether oxygens (including phenoxy) is 2. The van der Waals surface area contributed by atoms with Crippen LogP contribution in [-0.2, 0) is 29.4 Å². The molecule has 2 aromatic rings. The van der Waals surface area contributed by atoms with Crippen molar-refractivity contribution in [3.63, 3.8) is 0 Å². The maximum Gasteiger partial charge on any atom is 0.510 e. The van der Waals surface area contributed by atoms with Crippen LogP contribution in [0.25, 0.3) is 0 Å². The van der Waals surface area contributed by atoms with Crippen LogP contribution in [-0.4, -0.2) is 15.3 Å². The molecule has 132 valence electrons. The van der Waals surface area contributed by atoms with E-state index in [0.717, 1.165) is 33.7 Å². The van der Waals surface area contributed by atoms with Gasteiger partial charge in [0.25, 0.3) is 5.56 Å². The van der Waals surface area contributed by atoms with Crippen molar-refractivity contribution in [3.05, 3.63) is 68.7 Å². The Balaban J connectivity index is 1.62. The number of nitrogens with zero attached hydrogens (tertiary/aromatic N) is 2. The molecule has 0 aliphatic heterocycles. The van der Waals surface area contributed by atoms with Crippen LogP contribution < -0.4 is 11.2 Å². The van der Waals surface area contributed by atoms with Crippen LogP contribution in [0.15, 0.2) is 46.1 Å². The molecule has 1 aromatic heterocycles. The molecule has 0 atom stereocenters. The number of hydrogen-bond donors (Lipinski definition) is 0. The summed E-state index contributed by atoms with van der Waals surface area (Å²) in [5.74, 6) is -0.848. The van der Waals surface area contributed by atoms with E-state index < -0.39 is 30.0 Å². The SMILES string of the molecule is O=C(OCc1ccccc1)OCn1cc(F)c(=O)n(CC2CC2)c1=O. The summed E-state index contributed by atoms with van der Waals surface area (Å²) in [6, 6.07) is 8.99. The predicted molar refractivity (Wildman–Crippen MR) is 85.4 cm³/mol. The van der Waals surface area contributed by atoms with Crippen molar-refractivity contribution in [2.24, 2.45) is 5.92 Å². The first-order valence-corrected chi connectivity index (χ1v) is 7.88. The molecule has 1 aromatic carbocycles. The Morgan fingerprint density at radius 1 is 1.16 bits per heavy atom. The van der Waals surface area contributed by atoms with Crippen LogP contribution >= 0.6 is 0 Å². The van der Waals surface area contributed by atoms with Crippen molar-refractivity contribution in [2.45, 2.75) is 32.7 Å². The van der Waals surface area contributed by atoms with Crippen LogP contribution in [0.4, 0.5) is 9.18 Å². The van der Waals surface area contributed by atoms with Crippen molar-refractivity contribution in [2.75, 3.05) is 0 Å². The Hall–Kier alpha value is -2.90. The van der Waals surface area contributed by atoms with Crippen molar-refractivity contribution < 1.29 is 18.7 Å². The molecule has 0 spiro atoms. The van der Waals surface area contributed by atoms with Gasteiger partial charge in [0.15, 0.2) is 6.73 Å². The summed E-state index contributed by atoms with van der Waals surface area (Å²) in [6.45, 7) is -0.341. The van der Waals surface area contributed by atoms with Gasteiger partial charge in [-0.1, -0.05) is 30.3 Å². The third kappa shape index (κ3) is 4.34. The van der Waals surface area contributed by atoms with Gasteiger partial charge in [-0.25, -0.2) is 9.59 Å². The molecule has 0 bridgehead atoms. The third-order valence-corrected chi connectivity index (χ3v) is 3.85. The van der Waals surface area contributed by atoms with Crippen LogP contribution in [0.3, 0.4) is 0 Å². The highest BCUT2D eigenvalue weighted by molar-refractivity contribution is 5.59. The minimum atomic E-state index is -1.07. The fraction of sp³-hybridized carbons (Fsp3) is 0.353. The average Bonchev–Trinajstić information content (AvgIpc) is 3.44. The molecule has 3 rings (SSSR count). The number of benzene rings is 1. The fourth-order valence-electron chi connectivity index (χ4n) is 2.31. The van der Waals surface area contributed by atoms with Crippen LogP contribution in [0.2, 0.25) is 0 Å². The number of aromatic nitrogens is 2. The summed E-state index contributed by atoms with van der Waals surface area (Å²) < 4.78 is 25.1. The topological polar surface area (TPSA) is 79.5 Å².